The van der Waals surface area contributed by atoms with Crippen molar-refractivity contribution in [2.45, 2.75) is 58.7 Å². The van der Waals surface area contributed by atoms with Gasteiger partial charge in [-0.3, -0.25) is 9.88 Å². The van der Waals surface area contributed by atoms with Gasteiger partial charge < -0.3 is 4.74 Å². The Morgan fingerprint density at radius 3 is 2.28 bits per heavy atom. The Bertz CT molecular complexity index is 1290. The van der Waals surface area contributed by atoms with E-state index in [2.05, 4.69) is 97.6 Å². The van der Waals surface area contributed by atoms with Gasteiger partial charge in [0.25, 0.3) is 0 Å². The van der Waals surface area contributed by atoms with Gasteiger partial charge in [-0.15, -0.1) is 0 Å². The summed E-state index contributed by atoms with van der Waals surface area (Å²) < 4.78 is 5.97. The van der Waals surface area contributed by atoms with Crippen molar-refractivity contribution >= 4 is 0 Å². The Morgan fingerprint density at radius 1 is 0.833 bits per heavy atom. The van der Waals surface area contributed by atoms with Crippen LogP contribution in [0.3, 0.4) is 0 Å². The third-order valence-corrected chi connectivity index (χ3v) is 7.56. The summed E-state index contributed by atoms with van der Waals surface area (Å²) in [4.78, 5) is 7.59. The molecule has 0 fully saturated rings. The summed E-state index contributed by atoms with van der Waals surface area (Å²) in [5.41, 5.74) is 10.3. The molecule has 3 nitrogen and oxygen atoms in total. The average Bonchev–Trinajstić information content (AvgIpc) is 3.37. The zero-order chi connectivity index (χ0) is 24.9. The number of hydrogen-bond donors (Lipinski definition) is 0. The Balaban J connectivity index is 1.50. The number of rotatable bonds is 9. The molecule has 3 heteroatoms. The van der Waals surface area contributed by atoms with Gasteiger partial charge >= 0.3 is 0 Å². The van der Waals surface area contributed by atoms with Crippen molar-refractivity contribution in [2.24, 2.45) is 0 Å². The quantitative estimate of drug-likeness (QED) is 0.249. The van der Waals surface area contributed by atoms with Crippen molar-refractivity contribution in [1.82, 2.24) is 9.88 Å². The number of nitrogens with zero attached hydrogens (tertiary/aromatic N) is 2. The highest BCUT2D eigenvalue weighted by molar-refractivity contribution is 5.69. The third kappa shape index (κ3) is 4.94. The van der Waals surface area contributed by atoms with Crippen LogP contribution in [-0.4, -0.2) is 17.0 Å². The zero-order valence-electron chi connectivity index (χ0n) is 21.7. The first-order chi connectivity index (χ1) is 17.7. The monoisotopic (exact) mass is 476 g/mol. The second kappa shape index (κ2) is 11.1. The van der Waals surface area contributed by atoms with Crippen LogP contribution in [0.5, 0.6) is 5.75 Å². The first kappa shape index (κ1) is 24.3. The molecule has 1 aromatic heterocycles. The molecule has 0 amide bonds. The van der Waals surface area contributed by atoms with Gasteiger partial charge in [-0.25, -0.2) is 0 Å². The molecule has 1 aliphatic rings. The van der Waals surface area contributed by atoms with Crippen molar-refractivity contribution in [3.63, 3.8) is 0 Å². The van der Waals surface area contributed by atoms with E-state index in [9.17, 15) is 0 Å². The van der Waals surface area contributed by atoms with E-state index in [1.54, 1.807) is 7.11 Å². The molecule has 0 aliphatic heterocycles. The maximum atomic E-state index is 5.97. The number of benzene rings is 3. The molecule has 4 aromatic rings. The first-order valence-electron chi connectivity index (χ1n) is 13.2. The summed E-state index contributed by atoms with van der Waals surface area (Å²) in [5, 5.41) is 0. The standard InChI is InChI=1S/C33H36N2O/c1-4-25-15-11-16-26(5-2)33(25)30-20-32(36-3)28(21-34-30)23-35(22-24-12-7-6-8-13-24)31-19-18-27-14-9-10-17-29(27)31/h6-17,20-21,31H,4-5,18-19,22-23H2,1-3H3. The predicted octanol–water partition coefficient (Wildman–Crippen LogP) is 7.57. The Kier molecular flexibility index (Phi) is 7.48. The number of ether oxygens (including phenoxy) is 1. The van der Waals surface area contributed by atoms with Crippen LogP contribution in [0.4, 0.5) is 0 Å². The highest BCUT2D eigenvalue weighted by Gasteiger charge is 2.28. The van der Waals surface area contributed by atoms with Gasteiger partial charge in [0.15, 0.2) is 0 Å². The lowest BCUT2D eigenvalue weighted by Crippen LogP contribution is -2.27. The van der Waals surface area contributed by atoms with Crippen LogP contribution in [0.1, 0.15) is 59.7 Å². The van der Waals surface area contributed by atoms with Crippen LogP contribution in [0.15, 0.2) is 85.1 Å². The molecule has 3 aromatic carbocycles. The average molecular weight is 477 g/mol. The highest BCUT2D eigenvalue weighted by atomic mass is 16.5. The van der Waals surface area contributed by atoms with E-state index >= 15 is 0 Å². The molecule has 36 heavy (non-hydrogen) atoms. The van der Waals surface area contributed by atoms with Gasteiger partial charge in [-0.05, 0) is 53.5 Å². The fourth-order valence-corrected chi connectivity index (χ4v) is 5.71. The van der Waals surface area contributed by atoms with E-state index in [1.165, 1.54) is 33.4 Å². The molecule has 0 bridgehead atoms. The van der Waals surface area contributed by atoms with E-state index in [0.717, 1.165) is 55.8 Å². The van der Waals surface area contributed by atoms with Crippen molar-refractivity contribution in [1.29, 1.82) is 0 Å². The molecule has 0 saturated carbocycles. The Hall–Kier alpha value is -3.43. The van der Waals surface area contributed by atoms with Crippen LogP contribution in [0.2, 0.25) is 0 Å². The van der Waals surface area contributed by atoms with E-state index in [0.29, 0.717) is 6.04 Å². The van der Waals surface area contributed by atoms with Crippen molar-refractivity contribution in [2.75, 3.05) is 7.11 Å². The van der Waals surface area contributed by atoms with Crippen molar-refractivity contribution < 1.29 is 4.74 Å². The van der Waals surface area contributed by atoms with Crippen LogP contribution in [0.25, 0.3) is 11.3 Å². The largest absolute Gasteiger partial charge is 0.496 e. The van der Waals surface area contributed by atoms with Gasteiger partial charge in [-0.2, -0.15) is 0 Å². The maximum Gasteiger partial charge on any atom is 0.127 e. The fourth-order valence-electron chi connectivity index (χ4n) is 5.71. The highest BCUT2D eigenvalue weighted by Crippen LogP contribution is 2.39. The number of aromatic nitrogens is 1. The minimum Gasteiger partial charge on any atom is -0.496 e. The van der Waals surface area contributed by atoms with E-state index in [4.69, 9.17) is 9.72 Å². The van der Waals surface area contributed by atoms with E-state index in [1.807, 2.05) is 6.20 Å². The van der Waals surface area contributed by atoms with Gasteiger partial charge in [0.2, 0.25) is 0 Å². The molecular weight excluding hydrogens is 440 g/mol. The van der Waals surface area contributed by atoms with Gasteiger partial charge in [0.1, 0.15) is 5.75 Å². The predicted molar refractivity (Wildman–Crippen MR) is 148 cm³/mol. The minimum atomic E-state index is 0.387. The zero-order valence-corrected chi connectivity index (χ0v) is 21.7. The second-order valence-corrected chi connectivity index (χ2v) is 9.68. The number of aryl methyl sites for hydroxylation is 3. The summed E-state index contributed by atoms with van der Waals surface area (Å²) >= 11 is 0. The molecule has 1 unspecified atom stereocenters. The third-order valence-electron chi connectivity index (χ3n) is 7.56. The number of hydrogen-bond acceptors (Lipinski definition) is 3. The normalized spacial score (nSPS) is 14.7. The van der Waals surface area contributed by atoms with Gasteiger partial charge in [0, 0.05) is 42.5 Å². The topological polar surface area (TPSA) is 25.4 Å². The van der Waals surface area contributed by atoms with Crippen LogP contribution < -0.4 is 4.74 Å². The molecule has 0 radical (unpaired) electrons. The lowest BCUT2D eigenvalue weighted by molar-refractivity contribution is 0.176. The summed E-state index contributed by atoms with van der Waals surface area (Å²) in [6, 6.07) is 28.8. The molecule has 0 saturated heterocycles. The smallest absolute Gasteiger partial charge is 0.127 e. The maximum absolute atomic E-state index is 5.97. The molecule has 1 atom stereocenters. The lowest BCUT2D eigenvalue weighted by Gasteiger charge is -2.30. The molecular formula is C33H36N2O. The van der Waals surface area contributed by atoms with E-state index < -0.39 is 0 Å². The fraction of sp³-hybridized carbons (Fsp3) is 0.303. The van der Waals surface area contributed by atoms with Crippen LogP contribution in [0, 0.1) is 0 Å². The van der Waals surface area contributed by atoms with E-state index in [-0.39, 0.29) is 0 Å². The molecule has 1 heterocycles. The Morgan fingerprint density at radius 2 is 1.56 bits per heavy atom. The summed E-state index contributed by atoms with van der Waals surface area (Å²) in [6.07, 6.45) is 6.29. The second-order valence-electron chi connectivity index (χ2n) is 9.68. The minimum absolute atomic E-state index is 0.387. The molecule has 0 spiro atoms. The first-order valence-corrected chi connectivity index (χ1v) is 13.2. The molecule has 184 valence electrons. The van der Waals surface area contributed by atoms with Gasteiger partial charge in [-0.1, -0.05) is 86.6 Å². The van der Waals surface area contributed by atoms with Crippen molar-refractivity contribution in [3.8, 4) is 17.0 Å². The number of methoxy groups -OCH3 is 1. The van der Waals surface area contributed by atoms with Gasteiger partial charge in [0.05, 0.1) is 12.8 Å². The molecule has 1 aliphatic carbocycles. The SMILES string of the molecule is CCc1cccc(CC)c1-c1cc(OC)c(CN(Cc2ccccc2)C2CCc3ccccc32)cn1. The Labute approximate surface area is 215 Å². The number of fused-ring (bicyclic) bond motifs is 1. The molecule has 0 N–H and O–H groups in total. The van der Waals surface area contributed by atoms with Crippen molar-refractivity contribution in [3.05, 3.63) is 118 Å². The summed E-state index contributed by atoms with van der Waals surface area (Å²) in [5.74, 6) is 0.914. The van der Waals surface area contributed by atoms with Crippen LogP contribution in [-0.2, 0) is 32.4 Å². The summed E-state index contributed by atoms with van der Waals surface area (Å²) in [6.45, 7) is 6.11. The lowest BCUT2D eigenvalue weighted by atomic mass is 9.94. The summed E-state index contributed by atoms with van der Waals surface area (Å²) in [7, 11) is 1.78. The number of pyridine rings is 1. The molecule has 5 rings (SSSR count). The van der Waals surface area contributed by atoms with Crippen LogP contribution >= 0.6 is 0 Å².